The Morgan fingerprint density at radius 1 is 1.47 bits per heavy atom. The van der Waals surface area contributed by atoms with E-state index in [4.69, 9.17) is 9.84 Å². The van der Waals surface area contributed by atoms with Crippen LogP contribution in [0.1, 0.15) is 26.2 Å². The SMILES string of the molecule is CC1CN(C(=O)C2CC=CCC2)CC(CO)O1. The van der Waals surface area contributed by atoms with Gasteiger partial charge in [0, 0.05) is 19.0 Å². The van der Waals surface area contributed by atoms with Gasteiger partial charge >= 0.3 is 0 Å². The molecule has 96 valence electrons. The first kappa shape index (κ1) is 12.6. The van der Waals surface area contributed by atoms with Crippen molar-refractivity contribution in [3.63, 3.8) is 0 Å². The molecule has 1 heterocycles. The highest BCUT2D eigenvalue weighted by Gasteiger charge is 2.31. The number of rotatable bonds is 2. The minimum Gasteiger partial charge on any atom is -0.394 e. The number of aliphatic hydroxyl groups excluding tert-OH is 1. The number of carbonyl (C=O) groups is 1. The molecule has 0 bridgehead atoms. The van der Waals surface area contributed by atoms with Gasteiger partial charge in [-0.05, 0) is 26.2 Å². The van der Waals surface area contributed by atoms with Crippen LogP contribution in [0.4, 0.5) is 0 Å². The van der Waals surface area contributed by atoms with Crippen molar-refractivity contribution < 1.29 is 14.6 Å². The molecule has 0 radical (unpaired) electrons. The fraction of sp³-hybridized carbons (Fsp3) is 0.769. The first-order chi connectivity index (χ1) is 8.20. The van der Waals surface area contributed by atoms with Crippen LogP contribution in [-0.2, 0) is 9.53 Å². The molecule has 0 aromatic rings. The second-order valence-electron chi connectivity index (χ2n) is 4.98. The first-order valence-corrected chi connectivity index (χ1v) is 6.40. The zero-order chi connectivity index (χ0) is 12.3. The Labute approximate surface area is 102 Å². The fourth-order valence-electron chi connectivity index (χ4n) is 2.60. The average molecular weight is 239 g/mol. The zero-order valence-electron chi connectivity index (χ0n) is 10.3. The molecule has 1 aliphatic carbocycles. The maximum Gasteiger partial charge on any atom is 0.226 e. The molecule has 2 aliphatic rings. The van der Waals surface area contributed by atoms with Gasteiger partial charge < -0.3 is 14.7 Å². The largest absolute Gasteiger partial charge is 0.394 e. The number of amides is 1. The third-order valence-corrected chi connectivity index (χ3v) is 3.46. The zero-order valence-corrected chi connectivity index (χ0v) is 10.3. The van der Waals surface area contributed by atoms with E-state index in [0.717, 1.165) is 19.3 Å². The molecule has 0 saturated carbocycles. The minimum atomic E-state index is -0.221. The topological polar surface area (TPSA) is 49.8 Å². The third kappa shape index (κ3) is 3.07. The van der Waals surface area contributed by atoms with Crippen molar-refractivity contribution in [3.05, 3.63) is 12.2 Å². The summed E-state index contributed by atoms with van der Waals surface area (Å²) in [6, 6.07) is 0. The highest BCUT2D eigenvalue weighted by molar-refractivity contribution is 5.79. The standard InChI is InChI=1S/C13H21NO3/c1-10-7-14(8-12(9-15)17-10)13(16)11-5-3-2-4-6-11/h2-3,10-12,15H,4-9H2,1H3. The summed E-state index contributed by atoms with van der Waals surface area (Å²) in [6.45, 7) is 3.11. The molecule has 1 fully saturated rings. The number of aliphatic hydroxyl groups is 1. The fourth-order valence-corrected chi connectivity index (χ4v) is 2.60. The lowest BCUT2D eigenvalue weighted by Gasteiger charge is -2.38. The molecule has 3 unspecified atom stereocenters. The van der Waals surface area contributed by atoms with Crippen LogP contribution < -0.4 is 0 Å². The molecule has 4 heteroatoms. The Kier molecular flexibility index (Phi) is 4.18. The summed E-state index contributed by atoms with van der Waals surface area (Å²) >= 11 is 0. The van der Waals surface area contributed by atoms with Crippen molar-refractivity contribution in [1.82, 2.24) is 4.90 Å². The normalized spacial score (nSPS) is 33.8. The summed E-state index contributed by atoms with van der Waals surface area (Å²) in [5, 5.41) is 9.14. The number of hydrogen-bond acceptors (Lipinski definition) is 3. The van der Waals surface area contributed by atoms with Crippen molar-refractivity contribution in [3.8, 4) is 0 Å². The van der Waals surface area contributed by atoms with Gasteiger partial charge in [0.05, 0.1) is 18.8 Å². The van der Waals surface area contributed by atoms with Crippen LogP contribution in [0.3, 0.4) is 0 Å². The van der Waals surface area contributed by atoms with Gasteiger partial charge in [-0.3, -0.25) is 4.79 Å². The number of morpholine rings is 1. The molecule has 17 heavy (non-hydrogen) atoms. The second-order valence-corrected chi connectivity index (χ2v) is 4.98. The molecule has 1 N–H and O–H groups in total. The second kappa shape index (κ2) is 5.65. The predicted molar refractivity (Wildman–Crippen MR) is 64.5 cm³/mol. The van der Waals surface area contributed by atoms with Crippen molar-refractivity contribution in [2.24, 2.45) is 5.92 Å². The first-order valence-electron chi connectivity index (χ1n) is 6.40. The van der Waals surface area contributed by atoms with Crippen LogP contribution in [0.2, 0.25) is 0 Å². The van der Waals surface area contributed by atoms with Gasteiger partial charge in [0.2, 0.25) is 5.91 Å². The Bertz CT molecular complexity index is 303. The highest BCUT2D eigenvalue weighted by atomic mass is 16.5. The smallest absolute Gasteiger partial charge is 0.226 e. The van der Waals surface area contributed by atoms with E-state index in [9.17, 15) is 4.79 Å². The lowest BCUT2D eigenvalue weighted by Crippen LogP contribution is -2.52. The maximum absolute atomic E-state index is 12.3. The van der Waals surface area contributed by atoms with Crippen LogP contribution in [0, 0.1) is 5.92 Å². The Morgan fingerprint density at radius 3 is 2.94 bits per heavy atom. The molecular weight excluding hydrogens is 218 g/mol. The van der Waals surface area contributed by atoms with Crippen LogP contribution in [0.25, 0.3) is 0 Å². The number of hydrogen-bond donors (Lipinski definition) is 1. The molecule has 0 aromatic heterocycles. The molecule has 3 atom stereocenters. The van der Waals surface area contributed by atoms with E-state index in [1.54, 1.807) is 0 Å². The van der Waals surface area contributed by atoms with E-state index < -0.39 is 0 Å². The highest BCUT2D eigenvalue weighted by Crippen LogP contribution is 2.22. The third-order valence-electron chi connectivity index (χ3n) is 3.46. The van der Waals surface area contributed by atoms with Gasteiger partial charge in [-0.15, -0.1) is 0 Å². The van der Waals surface area contributed by atoms with Crippen LogP contribution in [-0.4, -0.2) is 47.8 Å². The quantitative estimate of drug-likeness (QED) is 0.730. The lowest BCUT2D eigenvalue weighted by molar-refractivity contribution is -0.151. The van der Waals surface area contributed by atoms with Crippen LogP contribution >= 0.6 is 0 Å². The number of ether oxygens (including phenoxy) is 1. The Balaban J connectivity index is 1.95. The molecule has 1 amide bonds. The van der Waals surface area contributed by atoms with Gasteiger partial charge in [-0.25, -0.2) is 0 Å². The summed E-state index contributed by atoms with van der Waals surface area (Å²) in [5.41, 5.74) is 0. The van der Waals surface area contributed by atoms with E-state index >= 15 is 0 Å². The molecule has 0 aromatic carbocycles. The molecule has 2 rings (SSSR count). The lowest BCUT2D eigenvalue weighted by atomic mass is 9.92. The number of nitrogens with zero attached hydrogens (tertiary/aromatic N) is 1. The number of allylic oxidation sites excluding steroid dienone is 2. The molecule has 1 aliphatic heterocycles. The van der Waals surface area contributed by atoms with Crippen molar-refractivity contribution in [2.45, 2.75) is 38.4 Å². The van der Waals surface area contributed by atoms with Crippen molar-refractivity contribution >= 4 is 5.91 Å². The van der Waals surface area contributed by atoms with Crippen molar-refractivity contribution in [1.29, 1.82) is 0 Å². The average Bonchev–Trinajstić information content (AvgIpc) is 2.38. The number of carbonyl (C=O) groups excluding carboxylic acids is 1. The monoisotopic (exact) mass is 239 g/mol. The molecule has 1 saturated heterocycles. The summed E-state index contributed by atoms with van der Waals surface area (Å²) in [7, 11) is 0. The van der Waals surface area contributed by atoms with Gasteiger partial charge in [-0.1, -0.05) is 12.2 Å². The van der Waals surface area contributed by atoms with E-state index in [2.05, 4.69) is 12.2 Å². The molecule has 4 nitrogen and oxygen atoms in total. The van der Waals surface area contributed by atoms with Gasteiger partial charge in [0.25, 0.3) is 0 Å². The summed E-state index contributed by atoms with van der Waals surface area (Å²) in [5.74, 6) is 0.354. The van der Waals surface area contributed by atoms with E-state index in [-0.39, 0.29) is 30.6 Å². The molecule has 0 spiro atoms. The van der Waals surface area contributed by atoms with Crippen LogP contribution in [0.15, 0.2) is 12.2 Å². The van der Waals surface area contributed by atoms with E-state index in [0.29, 0.717) is 13.1 Å². The maximum atomic E-state index is 12.3. The summed E-state index contributed by atoms with van der Waals surface area (Å²) < 4.78 is 5.55. The van der Waals surface area contributed by atoms with Crippen molar-refractivity contribution in [2.75, 3.05) is 19.7 Å². The summed E-state index contributed by atoms with van der Waals surface area (Å²) in [6.07, 6.45) is 6.84. The van der Waals surface area contributed by atoms with E-state index in [1.807, 2.05) is 11.8 Å². The van der Waals surface area contributed by atoms with Gasteiger partial charge in [0.15, 0.2) is 0 Å². The summed E-state index contributed by atoms with van der Waals surface area (Å²) in [4.78, 5) is 14.2. The minimum absolute atomic E-state index is 0.0152. The van der Waals surface area contributed by atoms with E-state index in [1.165, 1.54) is 0 Å². The van der Waals surface area contributed by atoms with Gasteiger partial charge in [-0.2, -0.15) is 0 Å². The van der Waals surface area contributed by atoms with Gasteiger partial charge in [0.1, 0.15) is 0 Å². The Hall–Kier alpha value is -0.870. The molecular formula is C13H21NO3. The van der Waals surface area contributed by atoms with Crippen LogP contribution in [0.5, 0.6) is 0 Å². The predicted octanol–water partition coefficient (Wildman–Crippen LogP) is 0.951. The Morgan fingerprint density at radius 2 is 2.29 bits per heavy atom.